The fourth-order valence-electron chi connectivity index (χ4n) is 0.842. The first kappa shape index (κ1) is 8.52. The number of anilines is 1. The van der Waals surface area contributed by atoms with Crippen LogP contribution in [-0.4, -0.2) is 9.97 Å². The van der Waals surface area contributed by atoms with Crippen molar-refractivity contribution in [1.29, 1.82) is 0 Å². The maximum Gasteiger partial charge on any atom is 0.154 e. The summed E-state index contributed by atoms with van der Waals surface area (Å²) in [5, 5.41) is 1.94. The Morgan fingerprint density at radius 3 is 3.00 bits per heavy atom. The van der Waals surface area contributed by atoms with E-state index in [1.807, 2.05) is 11.4 Å². The van der Waals surface area contributed by atoms with E-state index in [1.54, 1.807) is 41.7 Å². The molecule has 2 heterocycles. The van der Waals surface area contributed by atoms with Crippen molar-refractivity contribution in [2.24, 2.45) is 0 Å². The van der Waals surface area contributed by atoms with Gasteiger partial charge in [0.1, 0.15) is 0 Å². The average Bonchev–Trinajstić information content (AvgIpc) is 2.61. The number of nitrogens with zero attached hydrogens (tertiary/aromatic N) is 2. The van der Waals surface area contributed by atoms with Crippen molar-refractivity contribution >= 4 is 28.8 Å². The van der Waals surface area contributed by atoms with Gasteiger partial charge in [0.2, 0.25) is 0 Å². The van der Waals surface area contributed by atoms with Gasteiger partial charge in [-0.3, -0.25) is 4.98 Å². The second-order valence-corrected chi connectivity index (χ2v) is 4.50. The van der Waals surface area contributed by atoms with Crippen molar-refractivity contribution in [2.75, 3.05) is 5.73 Å². The predicted molar refractivity (Wildman–Crippen MR) is 54.9 cm³/mol. The first-order valence-electron chi connectivity index (χ1n) is 3.63. The molecule has 2 aromatic rings. The van der Waals surface area contributed by atoms with Gasteiger partial charge in [0, 0.05) is 22.7 Å². The molecule has 66 valence electrons. The monoisotopic (exact) mass is 209 g/mol. The third kappa shape index (κ3) is 1.99. The van der Waals surface area contributed by atoms with Crippen molar-refractivity contribution in [3.63, 3.8) is 0 Å². The first-order chi connectivity index (χ1) is 6.36. The summed E-state index contributed by atoms with van der Waals surface area (Å²) in [5.74, 6) is 0. The second-order valence-electron chi connectivity index (χ2n) is 2.31. The van der Waals surface area contributed by atoms with E-state index in [4.69, 9.17) is 5.73 Å². The lowest BCUT2D eigenvalue weighted by Crippen LogP contribution is -1.88. The zero-order valence-electron chi connectivity index (χ0n) is 6.68. The summed E-state index contributed by atoms with van der Waals surface area (Å²) >= 11 is 3.17. The van der Waals surface area contributed by atoms with E-state index in [2.05, 4.69) is 9.97 Å². The molecule has 0 aromatic carbocycles. The molecule has 0 unspecified atom stereocenters. The summed E-state index contributed by atoms with van der Waals surface area (Å²) in [6, 6.07) is 1.89. The number of pyridine rings is 1. The van der Waals surface area contributed by atoms with Gasteiger partial charge in [0.05, 0.1) is 11.9 Å². The molecule has 0 atom stereocenters. The van der Waals surface area contributed by atoms with Crippen LogP contribution in [0.4, 0.5) is 5.69 Å². The van der Waals surface area contributed by atoms with E-state index in [9.17, 15) is 0 Å². The molecule has 13 heavy (non-hydrogen) atoms. The SMILES string of the molecule is Nc1cnccc1Sc1nccs1. The molecule has 0 aliphatic carbocycles. The van der Waals surface area contributed by atoms with Crippen LogP contribution >= 0.6 is 23.1 Å². The van der Waals surface area contributed by atoms with Crippen molar-refractivity contribution in [3.05, 3.63) is 30.0 Å². The number of rotatable bonds is 2. The molecule has 3 nitrogen and oxygen atoms in total. The highest BCUT2D eigenvalue weighted by Gasteiger charge is 2.02. The Morgan fingerprint density at radius 2 is 2.31 bits per heavy atom. The average molecular weight is 209 g/mol. The van der Waals surface area contributed by atoms with Crippen molar-refractivity contribution in [3.8, 4) is 0 Å². The molecular formula is C8H7N3S2. The van der Waals surface area contributed by atoms with Crippen LogP contribution in [0, 0.1) is 0 Å². The van der Waals surface area contributed by atoms with Gasteiger partial charge >= 0.3 is 0 Å². The van der Waals surface area contributed by atoms with Crippen molar-refractivity contribution < 1.29 is 0 Å². The highest BCUT2D eigenvalue weighted by Crippen LogP contribution is 2.32. The number of hydrogen-bond acceptors (Lipinski definition) is 5. The minimum Gasteiger partial charge on any atom is -0.397 e. The third-order valence-corrected chi connectivity index (χ3v) is 3.39. The Balaban J connectivity index is 2.24. The van der Waals surface area contributed by atoms with E-state index in [0.29, 0.717) is 5.69 Å². The van der Waals surface area contributed by atoms with Gasteiger partial charge < -0.3 is 5.73 Å². The summed E-state index contributed by atoms with van der Waals surface area (Å²) in [6.45, 7) is 0. The van der Waals surface area contributed by atoms with Crippen LogP contribution in [0.5, 0.6) is 0 Å². The number of aromatic nitrogens is 2. The molecule has 0 saturated heterocycles. The van der Waals surface area contributed by atoms with Crippen LogP contribution in [-0.2, 0) is 0 Å². The maximum atomic E-state index is 5.73. The normalized spacial score (nSPS) is 10.2. The maximum absolute atomic E-state index is 5.73. The molecule has 0 bridgehead atoms. The zero-order chi connectivity index (χ0) is 9.10. The van der Waals surface area contributed by atoms with Crippen LogP contribution in [0.25, 0.3) is 0 Å². The zero-order valence-corrected chi connectivity index (χ0v) is 8.31. The van der Waals surface area contributed by atoms with E-state index in [-0.39, 0.29) is 0 Å². The van der Waals surface area contributed by atoms with Crippen LogP contribution in [0.3, 0.4) is 0 Å². The van der Waals surface area contributed by atoms with Crippen molar-refractivity contribution in [2.45, 2.75) is 9.24 Å². The van der Waals surface area contributed by atoms with Gasteiger partial charge in [0.15, 0.2) is 4.34 Å². The number of hydrogen-bond donors (Lipinski definition) is 1. The van der Waals surface area contributed by atoms with E-state index in [1.165, 1.54) is 0 Å². The number of thiazole rings is 1. The van der Waals surface area contributed by atoms with Gasteiger partial charge in [-0.05, 0) is 6.07 Å². The standard InChI is InChI=1S/C8H7N3S2/c9-6-5-10-2-1-7(6)13-8-11-3-4-12-8/h1-5H,9H2. The van der Waals surface area contributed by atoms with E-state index in [0.717, 1.165) is 9.24 Å². The Kier molecular flexibility index (Phi) is 2.47. The van der Waals surface area contributed by atoms with E-state index >= 15 is 0 Å². The molecular weight excluding hydrogens is 202 g/mol. The Bertz CT molecular complexity index is 386. The van der Waals surface area contributed by atoms with Gasteiger partial charge in [-0.15, -0.1) is 11.3 Å². The fraction of sp³-hybridized carbons (Fsp3) is 0. The summed E-state index contributed by atoms with van der Waals surface area (Å²) in [5.41, 5.74) is 6.43. The molecule has 5 heteroatoms. The lowest BCUT2D eigenvalue weighted by atomic mass is 10.4. The molecule has 2 N–H and O–H groups in total. The fourth-order valence-corrected chi connectivity index (χ4v) is 2.43. The lowest BCUT2D eigenvalue weighted by molar-refractivity contribution is 1.23. The smallest absolute Gasteiger partial charge is 0.154 e. The molecule has 2 rings (SSSR count). The highest BCUT2D eigenvalue weighted by molar-refractivity contribution is 8.01. The van der Waals surface area contributed by atoms with E-state index < -0.39 is 0 Å². The molecule has 0 aliphatic rings. The molecule has 0 fully saturated rings. The minimum atomic E-state index is 0.697. The van der Waals surface area contributed by atoms with Crippen LogP contribution in [0.15, 0.2) is 39.3 Å². The third-order valence-electron chi connectivity index (χ3n) is 1.42. The Labute approximate surface area is 84.0 Å². The van der Waals surface area contributed by atoms with Gasteiger partial charge in [-0.1, -0.05) is 11.8 Å². The summed E-state index contributed by atoms with van der Waals surface area (Å²) in [4.78, 5) is 9.08. The predicted octanol–water partition coefficient (Wildman–Crippen LogP) is 2.27. The van der Waals surface area contributed by atoms with Crippen molar-refractivity contribution in [1.82, 2.24) is 9.97 Å². The summed E-state index contributed by atoms with van der Waals surface area (Å²) in [7, 11) is 0. The minimum absolute atomic E-state index is 0.697. The first-order valence-corrected chi connectivity index (χ1v) is 5.33. The molecule has 0 saturated carbocycles. The molecule has 0 radical (unpaired) electrons. The molecule has 2 aromatic heterocycles. The molecule has 0 spiro atoms. The van der Waals surface area contributed by atoms with Gasteiger partial charge in [0.25, 0.3) is 0 Å². The van der Waals surface area contributed by atoms with Gasteiger partial charge in [-0.2, -0.15) is 0 Å². The van der Waals surface area contributed by atoms with Crippen LogP contribution in [0.2, 0.25) is 0 Å². The quantitative estimate of drug-likeness (QED) is 0.824. The number of nitrogens with two attached hydrogens (primary N) is 1. The van der Waals surface area contributed by atoms with Crippen LogP contribution in [0.1, 0.15) is 0 Å². The summed E-state index contributed by atoms with van der Waals surface area (Å²) < 4.78 is 0.998. The number of nitrogen functional groups attached to an aromatic ring is 1. The Hall–Kier alpha value is -1.07. The lowest BCUT2D eigenvalue weighted by Gasteiger charge is -1.99. The molecule has 0 amide bonds. The Morgan fingerprint density at radius 1 is 1.38 bits per heavy atom. The highest BCUT2D eigenvalue weighted by atomic mass is 32.2. The van der Waals surface area contributed by atoms with Gasteiger partial charge in [-0.25, -0.2) is 4.98 Å². The topological polar surface area (TPSA) is 51.8 Å². The largest absolute Gasteiger partial charge is 0.397 e. The second kappa shape index (κ2) is 3.76. The van der Waals surface area contributed by atoms with Crippen LogP contribution < -0.4 is 5.73 Å². The molecule has 0 aliphatic heterocycles. The summed E-state index contributed by atoms with van der Waals surface area (Å²) in [6.07, 6.45) is 5.16.